The topological polar surface area (TPSA) is 58.6 Å². The SMILES string of the molecule is CC[C@@H](C)NC(=O)[C@H](C)N(Cc1cccc(Br)c1)C(=O)COc1cccc2ccccc12. The highest BCUT2D eigenvalue weighted by Crippen LogP contribution is 2.25. The minimum absolute atomic E-state index is 0.0414. The van der Waals surface area contributed by atoms with Crippen LogP contribution in [0.15, 0.2) is 71.2 Å². The van der Waals surface area contributed by atoms with E-state index in [4.69, 9.17) is 4.74 Å². The molecule has 168 valence electrons. The van der Waals surface area contributed by atoms with Gasteiger partial charge in [-0.05, 0) is 49.4 Å². The van der Waals surface area contributed by atoms with Gasteiger partial charge >= 0.3 is 0 Å². The lowest BCUT2D eigenvalue weighted by Gasteiger charge is -2.29. The third-order valence-corrected chi connectivity index (χ3v) is 6.00. The molecular weight excluding hydrogens is 468 g/mol. The molecule has 3 aromatic rings. The smallest absolute Gasteiger partial charge is 0.261 e. The fourth-order valence-corrected chi connectivity index (χ4v) is 3.87. The molecule has 1 N–H and O–H groups in total. The van der Waals surface area contributed by atoms with Gasteiger partial charge in [0.1, 0.15) is 11.8 Å². The number of halogens is 1. The molecule has 6 heteroatoms. The van der Waals surface area contributed by atoms with E-state index in [9.17, 15) is 9.59 Å². The normalized spacial score (nSPS) is 12.8. The van der Waals surface area contributed by atoms with Crippen molar-refractivity contribution in [3.63, 3.8) is 0 Å². The summed E-state index contributed by atoms with van der Waals surface area (Å²) in [4.78, 5) is 27.6. The Balaban J connectivity index is 1.79. The van der Waals surface area contributed by atoms with Crippen molar-refractivity contribution in [1.82, 2.24) is 10.2 Å². The Hall–Kier alpha value is -2.86. The van der Waals surface area contributed by atoms with Crippen LogP contribution in [0, 0.1) is 0 Å². The van der Waals surface area contributed by atoms with Crippen molar-refractivity contribution in [2.75, 3.05) is 6.61 Å². The first-order chi connectivity index (χ1) is 15.4. The third kappa shape index (κ3) is 6.10. The van der Waals surface area contributed by atoms with Crippen LogP contribution in [0.5, 0.6) is 5.75 Å². The Kier molecular flexibility index (Phi) is 8.28. The van der Waals surface area contributed by atoms with Crippen molar-refractivity contribution in [3.05, 3.63) is 76.8 Å². The fraction of sp³-hybridized carbons (Fsp3) is 0.308. The predicted octanol–water partition coefficient (Wildman–Crippen LogP) is 5.31. The number of nitrogens with one attached hydrogen (secondary N) is 1. The van der Waals surface area contributed by atoms with Crippen LogP contribution < -0.4 is 10.1 Å². The number of fused-ring (bicyclic) bond motifs is 1. The minimum Gasteiger partial charge on any atom is -0.483 e. The summed E-state index contributed by atoms with van der Waals surface area (Å²) in [6.07, 6.45) is 0.822. The molecule has 3 aromatic carbocycles. The van der Waals surface area contributed by atoms with Crippen LogP contribution in [0.1, 0.15) is 32.8 Å². The molecule has 5 nitrogen and oxygen atoms in total. The van der Waals surface area contributed by atoms with Gasteiger partial charge in [-0.25, -0.2) is 0 Å². The molecular formula is C26H29BrN2O3. The van der Waals surface area contributed by atoms with Crippen molar-refractivity contribution in [2.24, 2.45) is 0 Å². The van der Waals surface area contributed by atoms with Gasteiger partial charge in [-0.3, -0.25) is 9.59 Å². The van der Waals surface area contributed by atoms with Crippen LogP contribution in [0.3, 0.4) is 0 Å². The second kappa shape index (κ2) is 11.1. The van der Waals surface area contributed by atoms with Crippen LogP contribution in [0.2, 0.25) is 0 Å². The predicted molar refractivity (Wildman–Crippen MR) is 131 cm³/mol. The van der Waals surface area contributed by atoms with Gasteiger partial charge in [0.2, 0.25) is 5.91 Å². The number of carbonyl (C=O) groups excluding carboxylic acids is 2. The molecule has 0 saturated carbocycles. The van der Waals surface area contributed by atoms with Crippen molar-refractivity contribution in [2.45, 2.75) is 45.8 Å². The molecule has 32 heavy (non-hydrogen) atoms. The van der Waals surface area contributed by atoms with E-state index in [0.717, 1.165) is 27.2 Å². The lowest BCUT2D eigenvalue weighted by Crippen LogP contribution is -2.50. The molecule has 0 aliphatic rings. The zero-order valence-electron chi connectivity index (χ0n) is 18.7. The highest BCUT2D eigenvalue weighted by Gasteiger charge is 2.27. The zero-order valence-corrected chi connectivity index (χ0v) is 20.3. The number of nitrogens with zero attached hydrogens (tertiary/aromatic N) is 1. The molecule has 0 saturated heterocycles. The van der Waals surface area contributed by atoms with E-state index < -0.39 is 6.04 Å². The number of benzene rings is 3. The highest BCUT2D eigenvalue weighted by atomic mass is 79.9. The Labute approximate surface area is 197 Å². The first-order valence-electron chi connectivity index (χ1n) is 10.8. The van der Waals surface area contributed by atoms with Crippen molar-refractivity contribution in [3.8, 4) is 5.75 Å². The van der Waals surface area contributed by atoms with Crippen molar-refractivity contribution >= 4 is 38.5 Å². The molecule has 0 heterocycles. The first-order valence-corrected chi connectivity index (χ1v) is 11.6. The summed E-state index contributed by atoms with van der Waals surface area (Å²) in [7, 11) is 0. The Morgan fingerprint density at radius 2 is 1.75 bits per heavy atom. The van der Waals surface area contributed by atoms with Gasteiger partial charge in [0.25, 0.3) is 5.91 Å². The van der Waals surface area contributed by atoms with Crippen LogP contribution >= 0.6 is 15.9 Å². The van der Waals surface area contributed by atoms with E-state index in [1.807, 2.05) is 80.6 Å². The summed E-state index contributed by atoms with van der Waals surface area (Å²) in [6, 6.07) is 20.8. The van der Waals surface area contributed by atoms with E-state index >= 15 is 0 Å². The molecule has 0 bridgehead atoms. The van der Waals surface area contributed by atoms with Crippen LogP contribution in [-0.4, -0.2) is 35.4 Å². The van der Waals surface area contributed by atoms with Crippen LogP contribution in [-0.2, 0) is 16.1 Å². The van der Waals surface area contributed by atoms with Crippen molar-refractivity contribution in [1.29, 1.82) is 0 Å². The maximum absolute atomic E-state index is 13.3. The first kappa shape index (κ1) is 23.8. The summed E-state index contributed by atoms with van der Waals surface area (Å²) in [5, 5.41) is 4.97. The van der Waals surface area contributed by atoms with E-state index in [1.54, 1.807) is 11.8 Å². The van der Waals surface area contributed by atoms with Gasteiger partial charge in [0, 0.05) is 22.4 Å². The second-order valence-corrected chi connectivity index (χ2v) is 8.83. The molecule has 2 atom stereocenters. The van der Waals surface area contributed by atoms with Gasteiger partial charge in [-0.1, -0.05) is 71.4 Å². The molecule has 0 aliphatic carbocycles. The summed E-state index contributed by atoms with van der Waals surface area (Å²) in [5.74, 6) is 0.230. The quantitative estimate of drug-likeness (QED) is 0.436. The molecule has 2 amide bonds. The largest absolute Gasteiger partial charge is 0.483 e. The number of rotatable bonds is 9. The van der Waals surface area contributed by atoms with Gasteiger partial charge < -0.3 is 15.0 Å². The average molecular weight is 497 g/mol. The van der Waals surface area contributed by atoms with Gasteiger partial charge in [-0.2, -0.15) is 0 Å². The number of carbonyl (C=O) groups is 2. The maximum Gasteiger partial charge on any atom is 0.261 e. The lowest BCUT2D eigenvalue weighted by molar-refractivity contribution is -0.142. The molecule has 0 fully saturated rings. The summed E-state index contributed by atoms with van der Waals surface area (Å²) >= 11 is 3.47. The number of hydrogen-bond acceptors (Lipinski definition) is 3. The summed E-state index contributed by atoms with van der Waals surface area (Å²) in [6.45, 7) is 5.88. The number of hydrogen-bond donors (Lipinski definition) is 1. The van der Waals surface area contributed by atoms with Crippen LogP contribution in [0.25, 0.3) is 10.8 Å². The standard InChI is InChI=1S/C26H29BrN2O3/c1-4-18(2)28-26(31)19(3)29(16-20-9-7-12-22(27)15-20)25(30)17-32-24-14-8-11-21-10-5-6-13-23(21)24/h5-15,18-19H,4,16-17H2,1-3H3,(H,28,31)/t18-,19+/m1/s1. The molecule has 0 spiro atoms. The monoisotopic (exact) mass is 496 g/mol. The number of amides is 2. The van der Waals surface area contributed by atoms with E-state index in [0.29, 0.717) is 12.3 Å². The Morgan fingerprint density at radius 3 is 2.50 bits per heavy atom. The lowest BCUT2D eigenvalue weighted by atomic mass is 10.1. The van der Waals surface area contributed by atoms with Crippen LogP contribution in [0.4, 0.5) is 0 Å². The Bertz CT molecular complexity index is 1080. The molecule has 0 unspecified atom stereocenters. The summed E-state index contributed by atoms with van der Waals surface area (Å²) < 4.78 is 6.85. The van der Waals surface area contributed by atoms with Crippen molar-refractivity contribution < 1.29 is 14.3 Å². The second-order valence-electron chi connectivity index (χ2n) is 7.91. The summed E-state index contributed by atoms with van der Waals surface area (Å²) in [5.41, 5.74) is 0.932. The number of ether oxygens (including phenoxy) is 1. The minimum atomic E-state index is -0.633. The Morgan fingerprint density at radius 1 is 1.03 bits per heavy atom. The van der Waals surface area contributed by atoms with E-state index in [1.165, 1.54) is 0 Å². The molecule has 0 aliphatic heterocycles. The zero-order chi connectivity index (χ0) is 23.1. The van der Waals surface area contributed by atoms with E-state index in [2.05, 4.69) is 21.2 Å². The maximum atomic E-state index is 13.3. The van der Waals surface area contributed by atoms with Gasteiger partial charge in [0.05, 0.1) is 0 Å². The third-order valence-electron chi connectivity index (χ3n) is 5.51. The molecule has 0 aromatic heterocycles. The molecule has 0 radical (unpaired) electrons. The highest BCUT2D eigenvalue weighted by molar-refractivity contribution is 9.10. The van der Waals surface area contributed by atoms with Gasteiger partial charge in [-0.15, -0.1) is 0 Å². The van der Waals surface area contributed by atoms with E-state index in [-0.39, 0.29) is 24.5 Å². The van der Waals surface area contributed by atoms with Gasteiger partial charge in [0.15, 0.2) is 6.61 Å². The molecule has 3 rings (SSSR count). The average Bonchev–Trinajstić information content (AvgIpc) is 2.80. The fourth-order valence-electron chi connectivity index (χ4n) is 3.42.